The number of anilines is 1. The van der Waals surface area contributed by atoms with Crippen molar-refractivity contribution in [3.05, 3.63) is 30.3 Å². The summed E-state index contributed by atoms with van der Waals surface area (Å²) in [6.07, 6.45) is 0.487. The first-order chi connectivity index (χ1) is 8.13. The van der Waals surface area contributed by atoms with Gasteiger partial charge in [0.15, 0.2) is 0 Å². The van der Waals surface area contributed by atoms with Gasteiger partial charge in [-0.25, -0.2) is 4.79 Å². The van der Waals surface area contributed by atoms with E-state index in [1.165, 1.54) is 0 Å². The highest BCUT2D eigenvalue weighted by molar-refractivity contribution is 5.89. The van der Waals surface area contributed by atoms with Gasteiger partial charge < -0.3 is 15.7 Å². The molecule has 1 aromatic rings. The number of carboxylic acid groups (broad SMARTS) is 1. The van der Waals surface area contributed by atoms with E-state index >= 15 is 0 Å². The van der Waals surface area contributed by atoms with E-state index in [0.717, 1.165) is 0 Å². The Bertz CT molecular complexity index is 379. The van der Waals surface area contributed by atoms with Crippen LogP contribution in [-0.4, -0.2) is 23.7 Å². The van der Waals surface area contributed by atoms with Gasteiger partial charge in [-0.1, -0.05) is 25.1 Å². The van der Waals surface area contributed by atoms with Gasteiger partial charge in [0, 0.05) is 12.2 Å². The molecule has 0 heterocycles. The Kier molecular flexibility index (Phi) is 5.00. The van der Waals surface area contributed by atoms with Crippen molar-refractivity contribution >= 4 is 17.7 Å². The zero-order valence-electron chi connectivity index (χ0n) is 9.64. The molecule has 1 rings (SSSR count). The van der Waals surface area contributed by atoms with Crippen LogP contribution in [0.2, 0.25) is 0 Å². The standard InChI is InChI=1S/C12H16N2O3/c1-2-9(11(15)16)8-13-12(17)14-10-6-4-3-5-7-10/h3-7,9H,2,8H2,1H3,(H,15,16)(H2,13,14,17). The van der Waals surface area contributed by atoms with Gasteiger partial charge >= 0.3 is 12.0 Å². The molecule has 92 valence electrons. The Balaban J connectivity index is 2.38. The molecule has 3 N–H and O–H groups in total. The van der Waals surface area contributed by atoms with Gasteiger partial charge in [0.25, 0.3) is 0 Å². The van der Waals surface area contributed by atoms with Crippen molar-refractivity contribution < 1.29 is 14.7 Å². The number of hydrogen-bond acceptors (Lipinski definition) is 2. The Morgan fingerprint density at radius 3 is 2.47 bits per heavy atom. The van der Waals surface area contributed by atoms with Crippen molar-refractivity contribution in [2.45, 2.75) is 13.3 Å². The summed E-state index contributed by atoms with van der Waals surface area (Å²) in [5, 5.41) is 14.0. The summed E-state index contributed by atoms with van der Waals surface area (Å²) in [6.45, 7) is 1.90. The number of hydrogen-bond donors (Lipinski definition) is 3. The molecule has 0 aliphatic rings. The number of carbonyl (C=O) groups is 2. The zero-order chi connectivity index (χ0) is 12.7. The van der Waals surface area contributed by atoms with Crippen molar-refractivity contribution in [2.75, 3.05) is 11.9 Å². The van der Waals surface area contributed by atoms with Gasteiger partial charge in [-0.15, -0.1) is 0 Å². The minimum Gasteiger partial charge on any atom is -0.481 e. The maximum Gasteiger partial charge on any atom is 0.319 e. The monoisotopic (exact) mass is 236 g/mol. The molecule has 2 amide bonds. The van der Waals surface area contributed by atoms with Gasteiger partial charge in [-0.3, -0.25) is 4.79 Å². The van der Waals surface area contributed by atoms with Crippen molar-refractivity contribution in [3.8, 4) is 0 Å². The normalized spacial score (nSPS) is 11.6. The lowest BCUT2D eigenvalue weighted by Gasteiger charge is -2.11. The van der Waals surface area contributed by atoms with E-state index in [1.54, 1.807) is 19.1 Å². The maximum atomic E-state index is 11.4. The number of carbonyl (C=O) groups excluding carboxylic acids is 1. The van der Waals surface area contributed by atoms with Gasteiger partial charge in [-0.05, 0) is 18.6 Å². The van der Waals surface area contributed by atoms with Crippen molar-refractivity contribution in [1.29, 1.82) is 0 Å². The van der Waals surface area contributed by atoms with Crippen molar-refractivity contribution in [1.82, 2.24) is 5.32 Å². The van der Waals surface area contributed by atoms with Gasteiger partial charge in [-0.2, -0.15) is 0 Å². The third-order valence-corrected chi connectivity index (χ3v) is 2.38. The topological polar surface area (TPSA) is 78.4 Å². The molecule has 0 bridgehead atoms. The Morgan fingerprint density at radius 2 is 1.94 bits per heavy atom. The van der Waals surface area contributed by atoms with E-state index in [2.05, 4.69) is 10.6 Å². The zero-order valence-corrected chi connectivity index (χ0v) is 9.64. The molecule has 0 radical (unpaired) electrons. The number of urea groups is 1. The van der Waals surface area contributed by atoms with E-state index < -0.39 is 17.9 Å². The first-order valence-corrected chi connectivity index (χ1v) is 5.46. The molecule has 0 aliphatic heterocycles. The lowest BCUT2D eigenvalue weighted by Crippen LogP contribution is -2.35. The van der Waals surface area contributed by atoms with Gasteiger partial charge in [0.1, 0.15) is 0 Å². The molecule has 0 saturated heterocycles. The lowest BCUT2D eigenvalue weighted by molar-refractivity contribution is -0.141. The summed E-state index contributed by atoms with van der Waals surface area (Å²) in [7, 11) is 0. The maximum absolute atomic E-state index is 11.4. The second kappa shape index (κ2) is 6.52. The molecule has 5 nitrogen and oxygen atoms in total. The first-order valence-electron chi connectivity index (χ1n) is 5.46. The van der Waals surface area contributed by atoms with Crippen LogP contribution in [0, 0.1) is 5.92 Å². The molecule has 5 heteroatoms. The minimum atomic E-state index is -0.896. The molecule has 1 aromatic carbocycles. The molecule has 0 saturated carbocycles. The Hall–Kier alpha value is -2.04. The van der Waals surface area contributed by atoms with Crippen LogP contribution in [0.1, 0.15) is 13.3 Å². The Morgan fingerprint density at radius 1 is 1.29 bits per heavy atom. The Labute approximate surface area is 99.8 Å². The summed E-state index contributed by atoms with van der Waals surface area (Å²) in [5.41, 5.74) is 0.674. The molecule has 0 fully saturated rings. The van der Waals surface area contributed by atoms with Crippen LogP contribution in [-0.2, 0) is 4.79 Å². The molecule has 17 heavy (non-hydrogen) atoms. The second-order valence-electron chi connectivity index (χ2n) is 3.64. The summed E-state index contributed by atoms with van der Waals surface area (Å²) in [5.74, 6) is -1.44. The summed E-state index contributed by atoms with van der Waals surface area (Å²) in [4.78, 5) is 22.2. The SMILES string of the molecule is CCC(CNC(=O)Nc1ccccc1)C(=O)O. The van der Waals surface area contributed by atoms with E-state index in [1.807, 2.05) is 18.2 Å². The lowest BCUT2D eigenvalue weighted by atomic mass is 10.1. The van der Waals surface area contributed by atoms with Crippen molar-refractivity contribution in [3.63, 3.8) is 0 Å². The molecule has 0 spiro atoms. The highest BCUT2D eigenvalue weighted by Gasteiger charge is 2.15. The van der Waals surface area contributed by atoms with Crippen LogP contribution < -0.4 is 10.6 Å². The first kappa shape index (κ1) is 13.0. The van der Waals surface area contributed by atoms with Crippen LogP contribution in [0.25, 0.3) is 0 Å². The van der Waals surface area contributed by atoms with Crippen LogP contribution >= 0.6 is 0 Å². The average Bonchev–Trinajstić information content (AvgIpc) is 2.30. The minimum absolute atomic E-state index is 0.129. The molecule has 1 unspecified atom stereocenters. The quantitative estimate of drug-likeness (QED) is 0.730. The van der Waals surface area contributed by atoms with Crippen LogP contribution in [0.4, 0.5) is 10.5 Å². The highest BCUT2D eigenvalue weighted by atomic mass is 16.4. The summed E-state index contributed by atoms with van der Waals surface area (Å²) >= 11 is 0. The number of benzene rings is 1. The van der Waals surface area contributed by atoms with E-state index in [9.17, 15) is 9.59 Å². The fourth-order valence-electron chi connectivity index (χ4n) is 1.32. The third kappa shape index (κ3) is 4.55. The molecule has 0 aromatic heterocycles. The van der Waals surface area contributed by atoms with Gasteiger partial charge in [0.05, 0.1) is 5.92 Å². The van der Waals surface area contributed by atoms with Crippen LogP contribution in [0.3, 0.4) is 0 Å². The van der Waals surface area contributed by atoms with E-state index in [4.69, 9.17) is 5.11 Å². The number of amides is 2. The van der Waals surface area contributed by atoms with Gasteiger partial charge in [0.2, 0.25) is 0 Å². The number of carboxylic acids is 1. The average molecular weight is 236 g/mol. The molecule has 1 atom stereocenters. The predicted octanol–water partition coefficient (Wildman–Crippen LogP) is 1.92. The summed E-state index contributed by atoms with van der Waals surface area (Å²) < 4.78 is 0. The van der Waals surface area contributed by atoms with E-state index in [-0.39, 0.29) is 6.54 Å². The predicted molar refractivity (Wildman–Crippen MR) is 64.9 cm³/mol. The molecular formula is C12H16N2O3. The van der Waals surface area contributed by atoms with Crippen molar-refractivity contribution in [2.24, 2.45) is 5.92 Å². The fraction of sp³-hybridized carbons (Fsp3) is 0.333. The molecular weight excluding hydrogens is 220 g/mol. The van der Waals surface area contributed by atoms with Crippen LogP contribution in [0.15, 0.2) is 30.3 Å². The number of rotatable bonds is 5. The number of nitrogens with one attached hydrogen (secondary N) is 2. The largest absolute Gasteiger partial charge is 0.481 e. The van der Waals surface area contributed by atoms with Crippen LogP contribution in [0.5, 0.6) is 0 Å². The second-order valence-corrected chi connectivity index (χ2v) is 3.64. The smallest absolute Gasteiger partial charge is 0.319 e. The molecule has 0 aliphatic carbocycles. The highest BCUT2D eigenvalue weighted by Crippen LogP contribution is 2.05. The fourth-order valence-corrected chi connectivity index (χ4v) is 1.32. The number of aliphatic carboxylic acids is 1. The number of para-hydroxylation sites is 1. The summed E-state index contributed by atoms with van der Waals surface area (Å²) in [6, 6.07) is 8.59. The third-order valence-electron chi connectivity index (χ3n) is 2.38. The van der Waals surface area contributed by atoms with E-state index in [0.29, 0.717) is 12.1 Å².